The predicted octanol–water partition coefficient (Wildman–Crippen LogP) is 4.81. The molecule has 36 heavy (non-hydrogen) atoms. The van der Waals surface area contributed by atoms with Gasteiger partial charge in [-0.3, -0.25) is 9.19 Å². The Balaban J connectivity index is 1.41. The average molecular weight is 523 g/mol. The third-order valence-corrected chi connectivity index (χ3v) is 6.37. The number of hydrogen-bond acceptors (Lipinski definition) is 7. The van der Waals surface area contributed by atoms with Crippen LogP contribution in [0.3, 0.4) is 0 Å². The molecule has 1 aliphatic rings. The Morgan fingerprint density at radius 1 is 1.03 bits per heavy atom. The largest absolute Gasteiger partial charge is 0.507 e. The number of rotatable bonds is 7. The number of nitrogens with one attached hydrogen (secondary N) is 1. The van der Waals surface area contributed by atoms with E-state index in [1.54, 1.807) is 6.07 Å². The zero-order valence-corrected chi connectivity index (χ0v) is 19.3. The number of aromatic amines is 1. The molecule has 0 radical (unpaired) electrons. The molecule has 2 aromatic heterocycles. The first-order chi connectivity index (χ1) is 17.2. The normalized spacial score (nSPS) is 16.5. The Morgan fingerprint density at radius 2 is 1.72 bits per heavy atom. The molecular weight excluding hydrogens is 506 g/mol. The van der Waals surface area contributed by atoms with Crippen molar-refractivity contribution in [3.8, 4) is 23.0 Å². The minimum atomic E-state index is -4.86. The lowest BCUT2D eigenvalue weighted by atomic mass is 10.2. The van der Waals surface area contributed by atoms with Gasteiger partial charge in [-0.25, -0.2) is 4.98 Å². The summed E-state index contributed by atoms with van der Waals surface area (Å²) in [4.78, 5) is 11.2. The summed E-state index contributed by atoms with van der Waals surface area (Å²) < 4.78 is 86.7. The molecule has 0 saturated carbocycles. The maximum atomic E-state index is 13.5. The molecule has 0 spiro atoms. The predicted molar refractivity (Wildman–Crippen MR) is 119 cm³/mol. The van der Waals surface area contributed by atoms with E-state index in [2.05, 4.69) is 24.4 Å². The van der Waals surface area contributed by atoms with Gasteiger partial charge in [-0.15, -0.1) is 0 Å². The van der Waals surface area contributed by atoms with Crippen LogP contribution in [0.15, 0.2) is 59.9 Å². The number of nitrogens with zero attached hydrogens (tertiary/aromatic N) is 2. The van der Waals surface area contributed by atoms with Crippen LogP contribution >= 0.6 is 0 Å². The third-order valence-electron chi connectivity index (χ3n) is 5.21. The van der Waals surface area contributed by atoms with Crippen LogP contribution in [0.1, 0.15) is 11.3 Å². The van der Waals surface area contributed by atoms with E-state index in [-0.39, 0.29) is 28.5 Å². The summed E-state index contributed by atoms with van der Waals surface area (Å²) in [5, 5.41) is -0.0375. The van der Waals surface area contributed by atoms with Gasteiger partial charge >= 0.3 is 12.2 Å². The van der Waals surface area contributed by atoms with Gasteiger partial charge in [0.15, 0.2) is 28.2 Å². The Labute approximate surface area is 203 Å². The summed E-state index contributed by atoms with van der Waals surface area (Å²) in [6.07, 6.45) is -8.24. The van der Waals surface area contributed by atoms with Gasteiger partial charge in [0.2, 0.25) is 0 Å². The van der Waals surface area contributed by atoms with Crippen molar-refractivity contribution < 1.29 is 40.7 Å². The van der Waals surface area contributed by atoms with Gasteiger partial charge in [0.25, 0.3) is 0 Å². The van der Waals surface area contributed by atoms with Crippen molar-refractivity contribution in [2.24, 2.45) is 0 Å². The lowest BCUT2D eigenvalue weighted by molar-refractivity contribution is -0.391. The number of benzene rings is 2. The molecule has 0 bridgehead atoms. The molecule has 13 heteroatoms. The maximum Gasteiger partial charge on any atom is 0.507 e. The second-order valence-electron chi connectivity index (χ2n) is 7.65. The number of hydrogen-bond donors (Lipinski definition) is 1. The smallest absolute Gasteiger partial charge is 0.493 e. The Morgan fingerprint density at radius 3 is 2.42 bits per heavy atom. The first-order valence-electron chi connectivity index (χ1n) is 10.4. The van der Waals surface area contributed by atoms with E-state index in [0.717, 1.165) is 17.7 Å². The monoisotopic (exact) mass is 523 g/mol. The van der Waals surface area contributed by atoms with E-state index in [0.29, 0.717) is 17.2 Å². The molecule has 8 nitrogen and oxygen atoms in total. The standard InChI is InChI=1S/C23H17F4N3O5S/c1-32-17-7-8-28-16(20(17)33-11-13-5-3-2-4-6-13)12-36(31)21-29-14-9-18-19(10-15(14)30-21)35-23(26,27)22(24,25)34-18/h2-10H,11-12H2,1H3,(H,29,30). The van der Waals surface area contributed by atoms with E-state index in [1.165, 1.54) is 13.3 Å². The minimum absolute atomic E-state index is 0.0375. The molecule has 0 aliphatic carbocycles. The number of fused-ring (bicyclic) bond motifs is 2. The zero-order valence-electron chi connectivity index (χ0n) is 18.5. The molecule has 4 aromatic rings. The van der Waals surface area contributed by atoms with Crippen LogP contribution in [0, 0.1) is 0 Å². The number of imidazole rings is 1. The van der Waals surface area contributed by atoms with Crippen molar-refractivity contribution in [2.75, 3.05) is 7.11 Å². The molecule has 1 unspecified atom stereocenters. The lowest BCUT2D eigenvalue weighted by Gasteiger charge is -2.31. The van der Waals surface area contributed by atoms with Crippen LogP contribution in [-0.4, -0.2) is 38.5 Å². The fourth-order valence-electron chi connectivity index (χ4n) is 3.47. The van der Waals surface area contributed by atoms with Gasteiger partial charge in [0, 0.05) is 24.4 Å². The van der Waals surface area contributed by atoms with Crippen LogP contribution in [0.2, 0.25) is 0 Å². The Hall–Kier alpha value is -3.87. The lowest BCUT2D eigenvalue weighted by Crippen LogP contribution is -2.52. The SMILES string of the molecule is COc1ccnc(CS(=O)c2nc3cc4c(cc3[nH]2)OC(F)(F)C(F)(F)O4)c1OCc1ccccc1. The first kappa shape index (κ1) is 23.9. The van der Waals surface area contributed by atoms with Gasteiger partial charge < -0.3 is 23.9 Å². The van der Waals surface area contributed by atoms with Gasteiger partial charge in [-0.05, 0) is 5.56 Å². The highest BCUT2D eigenvalue weighted by atomic mass is 32.2. The number of aromatic nitrogens is 3. The van der Waals surface area contributed by atoms with Gasteiger partial charge in [-0.2, -0.15) is 17.6 Å². The maximum absolute atomic E-state index is 13.5. The second-order valence-corrected chi connectivity index (χ2v) is 9.02. The van der Waals surface area contributed by atoms with Crippen molar-refractivity contribution in [1.29, 1.82) is 0 Å². The molecule has 5 rings (SSSR count). The number of H-pyrrole nitrogens is 1. The molecule has 3 heterocycles. The molecule has 0 fully saturated rings. The van der Waals surface area contributed by atoms with Crippen molar-refractivity contribution in [3.63, 3.8) is 0 Å². The van der Waals surface area contributed by atoms with Crippen LogP contribution in [0.5, 0.6) is 23.0 Å². The summed E-state index contributed by atoms with van der Waals surface area (Å²) in [6, 6.07) is 13.0. The summed E-state index contributed by atoms with van der Waals surface area (Å²) in [5.74, 6) is -0.667. The molecule has 1 atom stereocenters. The van der Waals surface area contributed by atoms with Crippen LogP contribution in [-0.2, 0) is 23.2 Å². The zero-order chi connectivity index (χ0) is 25.5. The molecule has 188 valence electrons. The molecule has 1 aliphatic heterocycles. The van der Waals surface area contributed by atoms with E-state index < -0.39 is 34.5 Å². The summed E-state index contributed by atoms with van der Waals surface area (Å²) in [5.41, 5.74) is 1.44. The first-order valence-corrected chi connectivity index (χ1v) is 11.7. The second kappa shape index (κ2) is 8.97. The van der Waals surface area contributed by atoms with Crippen LogP contribution in [0.25, 0.3) is 11.0 Å². The third kappa shape index (κ3) is 4.41. The van der Waals surface area contributed by atoms with Crippen molar-refractivity contribution in [2.45, 2.75) is 29.7 Å². The van der Waals surface area contributed by atoms with E-state index >= 15 is 0 Å². The van der Waals surface area contributed by atoms with Crippen molar-refractivity contribution in [3.05, 3.63) is 66.0 Å². The molecule has 1 N–H and O–H groups in total. The summed E-state index contributed by atoms with van der Waals surface area (Å²) in [6.45, 7) is 0.216. The summed E-state index contributed by atoms with van der Waals surface area (Å²) >= 11 is 0. The quantitative estimate of drug-likeness (QED) is 0.348. The van der Waals surface area contributed by atoms with E-state index in [1.807, 2.05) is 30.3 Å². The van der Waals surface area contributed by atoms with Crippen molar-refractivity contribution in [1.82, 2.24) is 15.0 Å². The van der Waals surface area contributed by atoms with E-state index in [4.69, 9.17) is 9.47 Å². The number of halogens is 4. The van der Waals surface area contributed by atoms with Crippen LogP contribution < -0.4 is 18.9 Å². The topological polar surface area (TPSA) is 95.6 Å². The van der Waals surface area contributed by atoms with Gasteiger partial charge in [0.1, 0.15) is 6.61 Å². The number of ether oxygens (including phenoxy) is 4. The highest BCUT2D eigenvalue weighted by molar-refractivity contribution is 7.84. The highest BCUT2D eigenvalue weighted by Gasteiger charge is 2.66. The fourth-order valence-corrected chi connectivity index (χ4v) is 4.48. The Bertz CT molecular complexity index is 1400. The van der Waals surface area contributed by atoms with E-state index in [9.17, 15) is 21.8 Å². The molecule has 0 amide bonds. The van der Waals surface area contributed by atoms with Gasteiger partial charge in [-0.1, -0.05) is 30.3 Å². The number of pyridine rings is 1. The van der Waals surface area contributed by atoms with Crippen LogP contribution in [0.4, 0.5) is 17.6 Å². The van der Waals surface area contributed by atoms with Crippen molar-refractivity contribution >= 4 is 21.8 Å². The highest BCUT2D eigenvalue weighted by Crippen LogP contribution is 2.48. The fraction of sp³-hybridized carbons (Fsp3) is 0.217. The number of methoxy groups -OCH3 is 1. The minimum Gasteiger partial charge on any atom is -0.493 e. The average Bonchev–Trinajstić information content (AvgIpc) is 3.25. The molecule has 0 saturated heterocycles. The molecular formula is C23H17F4N3O5S. The van der Waals surface area contributed by atoms with Gasteiger partial charge in [0.05, 0.1) is 40.4 Å². The number of alkyl halides is 4. The Kier molecular flexibility index (Phi) is 5.94. The summed E-state index contributed by atoms with van der Waals surface area (Å²) in [7, 11) is -0.348. The molecule has 2 aromatic carbocycles.